The number of rotatable bonds is 3. The molecule has 0 aromatic heterocycles. The summed E-state index contributed by atoms with van der Waals surface area (Å²) in [5, 5.41) is 9.31. The fourth-order valence-electron chi connectivity index (χ4n) is 2.07. The van der Waals surface area contributed by atoms with E-state index in [4.69, 9.17) is 0 Å². The Hall–Kier alpha value is -1.99. The van der Waals surface area contributed by atoms with Gasteiger partial charge in [-0.2, -0.15) is 5.26 Å². The summed E-state index contributed by atoms with van der Waals surface area (Å²) in [6, 6.07) is 11.6. The highest BCUT2D eigenvalue weighted by Gasteiger charge is 2.24. The number of halogens is 2. The Morgan fingerprint density at radius 3 is 2.48 bits per heavy atom. The highest BCUT2D eigenvalue weighted by atomic mass is 79.9. The Kier molecular flexibility index (Phi) is 4.54. The zero-order chi connectivity index (χ0) is 15.6. The number of carbonyl (C=O) groups is 1. The van der Waals surface area contributed by atoms with Crippen LogP contribution in [0.3, 0.4) is 0 Å². The van der Waals surface area contributed by atoms with Gasteiger partial charge in [-0.05, 0) is 48.7 Å². The molecule has 0 spiro atoms. The van der Waals surface area contributed by atoms with Gasteiger partial charge in [-0.3, -0.25) is 4.79 Å². The summed E-state index contributed by atoms with van der Waals surface area (Å²) in [6.45, 7) is 3.87. The second-order valence-electron chi connectivity index (χ2n) is 4.89. The summed E-state index contributed by atoms with van der Waals surface area (Å²) in [4.78, 5) is 12.4. The van der Waals surface area contributed by atoms with Crippen molar-refractivity contribution in [2.24, 2.45) is 0 Å². The molecule has 0 N–H and O–H groups in total. The first-order chi connectivity index (χ1) is 9.93. The molecule has 0 saturated carbocycles. The van der Waals surface area contributed by atoms with E-state index >= 15 is 0 Å². The Labute approximate surface area is 131 Å². The first kappa shape index (κ1) is 15.4. The lowest BCUT2D eigenvalue weighted by Gasteiger charge is -2.11. The highest BCUT2D eigenvalue weighted by Crippen LogP contribution is 2.25. The molecule has 2 aromatic carbocycles. The number of nitriles is 1. The quantitative estimate of drug-likeness (QED) is 0.756. The second-order valence-corrected chi connectivity index (χ2v) is 5.81. The van der Waals surface area contributed by atoms with Gasteiger partial charge in [0.1, 0.15) is 11.7 Å². The second kappa shape index (κ2) is 6.19. The normalized spacial score (nSPS) is 11.8. The number of benzene rings is 2. The minimum atomic E-state index is -1.00. The molecule has 0 radical (unpaired) electrons. The molecule has 0 saturated heterocycles. The van der Waals surface area contributed by atoms with E-state index in [0.29, 0.717) is 10.0 Å². The fourth-order valence-corrected chi connectivity index (χ4v) is 2.41. The SMILES string of the molecule is Cc1ccc(C(C#N)C(=O)c2ccc(Br)cc2F)cc1C. The van der Waals surface area contributed by atoms with Gasteiger partial charge in [-0.1, -0.05) is 34.1 Å². The topological polar surface area (TPSA) is 40.9 Å². The van der Waals surface area contributed by atoms with E-state index in [-0.39, 0.29) is 5.56 Å². The summed E-state index contributed by atoms with van der Waals surface area (Å²) >= 11 is 3.15. The molecule has 106 valence electrons. The maximum absolute atomic E-state index is 13.9. The Balaban J connectivity index is 2.43. The standard InChI is InChI=1S/C17H13BrFNO/c1-10-3-4-12(7-11(10)2)15(9-20)17(21)14-6-5-13(18)8-16(14)19/h3-8,15H,1-2H3. The molecule has 21 heavy (non-hydrogen) atoms. The first-order valence-electron chi connectivity index (χ1n) is 6.40. The van der Waals surface area contributed by atoms with E-state index in [1.807, 2.05) is 26.0 Å². The molecule has 0 fully saturated rings. The van der Waals surface area contributed by atoms with Crippen LogP contribution in [0.2, 0.25) is 0 Å². The van der Waals surface area contributed by atoms with Crippen LogP contribution in [0, 0.1) is 31.0 Å². The van der Waals surface area contributed by atoms with Gasteiger partial charge in [0.15, 0.2) is 5.78 Å². The van der Waals surface area contributed by atoms with Crippen LogP contribution >= 0.6 is 15.9 Å². The van der Waals surface area contributed by atoms with Crippen LogP contribution in [0.4, 0.5) is 4.39 Å². The van der Waals surface area contributed by atoms with Crippen molar-refractivity contribution in [3.63, 3.8) is 0 Å². The minimum Gasteiger partial charge on any atom is -0.292 e. The molecule has 0 aliphatic carbocycles. The summed E-state index contributed by atoms with van der Waals surface area (Å²) in [5.41, 5.74) is 2.60. The number of carbonyl (C=O) groups excluding carboxylic acids is 1. The highest BCUT2D eigenvalue weighted by molar-refractivity contribution is 9.10. The monoisotopic (exact) mass is 345 g/mol. The minimum absolute atomic E-state index is 0.0667. The lowest BCUT2D eigenvalue weighted by atomic mass is 9.90. The predicted octanol–water partition coefficient (Wildman–Crippen LogP) is 4.70. The zero-order valence-electron chi connectivity index (χ0n) is 11.7. The lowest BCUT2D eigenvalue weighted by molar-refractivity contribution is 0.0975. The van der Waals surface area contributed by atoms with E-state index in [0.717, 1.165) is 11.1 Å². The summed E-state index contributed by atoms with van der Waals surface area (Å²) in [5.74, 6) is -2.15. The average Bonchev–Trinajstić information content (AvgIpc) is 2.43. The van der Waals surface area contributed by atoms with Gasteiger partial charge in [-0.25, -0.2) is 4.39 Å². The smallest absolute Gasteiger partial charge is 0.187 e. The van der Waals surface area contributed by atoms with Crippen molar-refractivity contribution in [2.75, 3.05) is 0 Å². The van der Waals surface area contributed by atoms with E-state index in [1.165, 1.54) is 12.1 Å². The molecule has 1 atom stereocenters. The fraction of sp³-hybridized carbons (Fsp3) is 0.176. The Morgan fingerprint density at radius 2 is 1.90 bits per heavy atom. The number of aryl methyl sites for hydroxylation is 2. The van der Waals surface area contributed by atoms with Crippen molar-refractivity contribution < 1.29 is 9.18 Å². The average molecular weight is 346 g/mol. The van der Waals surface area contributed by atoms with Gasteiger partial charge in [0.2, 0.25) is 0 Å². The number of Topliss-reactive ketones (excluding diaryl/α,β-unsaturated/α-hetero) is 1. The zero-order valence-corrected chi connectivity index (χ0v) is 13.2. The van der Waals surface area contributed by atoms with Crippen LogP contribution in [0.1, 0.15) is 33.0 Å². The summed E-state index contributed by atoms with van der Waals surface area (Å²) in [7, 11) is 0. The third-order valence-corrected chi connectivity index (χ3v) is 3.95. The van der Waals surface area contributed by atoms with Gasteiger partial charge >= 0.3 is 0 Å². The third-order valence-electron chi connectivity index (χ3n) is 3.45. The van der Waals surface area contributed by atoms with Crippen molar-refractivity contribution in [1.29, 1.82) is 5.26 Å². The van der Waals surface area contributed by atoms with Gasteiger partial charge in [-0.15, -0.1) is 0 Å². The van der Waals surface area contributed by atoms with E-state index in [1.54, 1.807) is 18.2 Å². The van der Waals surface area contributed by atoms with Crippen LogP contribution < -0.4 is 0 Å². The third kappa shape index (κ3) is 3.20. The Morgan fingerprint density at radius 1 is 1.19 bits per heavy atom. The van der Waals surface area contributed by atoms with Gasteiger partial charge in [0, 0.05) is 4.47 Å². The van der Waals surface area contributed by atoms with Gasteiger partial charge in [0.05, 0.1) is 11.6 Å². The molecule has 0 aliphatic rings. The van der Waals surface area contributed by atoms with E-state index in [9.17, 15) is 14.4 Å². The van der Waals surface area contributed by atoms with Gasteiger partial charge < -0.3 is 0 Å². The van der Waals surface area contributed by atoms with Crippen LogP contribution in [-0.2, 0) is 0 Å². The number of ketones is 1. The predicted molar refractivity (Wildman–Crippen MR) is 82.7 cm³/mol. The molecule has 0 heterocycles. The molecule has 4 heteroatoms. The van der Waals surface area contributed by atoms with Crippen molar-refractivity contribution >= 4 is 21.7 Å². The summed E-state index contributed by atoms with van der Waals surface area (Å²) < 4.78 is 14.4. The van der Waals surface area contributed by atoms with Crippen LogP contribution in [0.15, 0.2) is 40.9 Å². The van der Waals surface area contributed by atoms with E-state index in [2.05, 4.69) is 15.9 Å². The van der Waals surface area contributed by atoms with Crippen molar-refractivity contribution in [3.05, 3.63) is 68.9 Å². The van der Waals surface area contributed by atoms with Crippen molar-refractivity contribution in [2.45, 2.75) is 19.8 Å². The largest absolute Gasteiger partial charge is 0.292 e. The molecule has 2 nitrogen and oxygen atoms in total. The maximum Gasteiger partial charge on any atom is 0.187 e. The van der Waals surface area contributed by atoms with Crippen LogP contribution in [0.5, 0.6) is 0 Å². The van der Waals surface area contributed by atoms with E-state index < -0.39 is 17.5 Å². The van der Waals surface area contributed by atoms with Crippen molar-refractivity contribution in [1.82, 2.24) is 0 Å². The molecule has 2 aromatic rings. The summed E-state index contributed by atoms with van der Waals surface area (Å²) in [6.07, 6.45) is 0. The number of hydrogen-bond acceptors (Lipinski definition) is 2. The van der Waals surface area contributed by atoms with Crippen LogP contribution in [0.25, 0.3) is 0 Å². The molecule has 0 amide bonds. The molecular formula is C17H13BrFNO. The van der Waals surface area contributed by atoms with Crippen LogP contribution in [-0.4, -0.2) is 5.78 Å². The molecule has 2 rings (SSSR count). The van der Waals surface area contributed by atoms with Crippen molar-refractivity contribution in [3.8, 4) is 6.07 Å². The molecule has 1 unspecified atom stereocenters. The first-order valence-corrected chi connectivity index (χ1v) is 7.19. The molecule has 0 aliphatic heterocycles. The molecular weight excluding hydrogens is 333 g/mol. The van der Waals surface area contributed by atoms with Gasteiger partial charge in [0.25, 0.3) is 0 Å². The number of nitrogens with zero attached hydrogens (tertiary/aromatic N) is 1. The number of hydrogen-bond donors (Lipinski definition) is 0. The maximum atomic E-state index is 13.9. The lowest BCUT2D eigenvalue weighted by Crippen LogP contribution is -2.13. The Bertz CT molecular complexity index is 749. The molecule has 0 bridgehead atoms.